The highest BCUT2D eigenvalue weighted by molar-refractivity contribution is 5.69. The van der Waals surface area contributed by atoms with Gasteiger partial charge in [0.05, 0.1) is 6.10 Å². The van der Waals surface area contributed by atoms with E-state index < -0.39 is 60.7 Å². The summed E-state index contributed by atoms with van der Waals surface area (Å²) in [7, 11) is 0. The van der Waals surface area contributed by atoms with Crippen molar-refractivity contribution in [2.45, 2.75) is 77.3 Å². The zero-order chi connectivity index (χ0) is 23.8. The molecule has 32 heavy (non-hydrogen) atoms. The van der Waals surface area contributed by atoms with Crippen LogP contribution in [0.3, 0.4) is 0 Å². The molecule has 2 rings (SSSR count). The Labute approximate surface area is 185 Å². The fourth-order valence-corrected chi connectivity index (χ4v) is 3.51. The van der Waals surface area contributed by atoms with E-state index >= 15 is 0 Å². The second-order valence-corrected chi connectivity index (χ2v) is 7.38. The molecule has 0 saturated carbocycles. The summed E-state index contributed by atoms with van der Waals surface area (Å²) in [4.78, 5) is 46.8. The number of carbonyl (C=O) groups excluding carboxylic acids is 4. The van der Waals surface area contributed by atoms with Crippen molar-refractivity contribution in [3.8, 4) is 0 Å². The van der Waals surface area contributed by atoms with Crippen LogP contribution in [0.2, 0.25) is 0 Å². The Morgan fingerprint density at radius 2 is 1.31 bits per heavy atom. The van der Waals surface area contributed by atoms with Gasteiger partial charge < -0.3 is 28.8 Å². The van der Waals surface area contributed by atoms with Gasteiger partial charge in [-0.15, -0.1) is 0 Å². The molecular formula is C22H28O10. The van der Waals surface area contributed by atoms with Crippen molar-refractivity contribution in [1.29, 1.82) is 0 Å². The first kappa shape index (κ1) is 25.3. The fraction of sp³-hybridized carbons (Fsp3) is 0.545. The first-order valence-corrected chi connectivity index (χ1v) is 10.2. The molecule has 0 aromatic heterocycles. The molecular weight excluding hydrogens is 424 g/mol. The van der Waals surface area contributed by atoms with Gasteiger partial charge in [0.2, 0.25) is 12.4 Å². The lowest BCUT2D eigenvalue weighted by Gasteiger charge is -2.44. The standard InChI is InChI=1S/C22H28O10/c1-12(23)28-19-18(11-10-17(27)16-8-6-5-7-9-16)32-22(31-15(4)26)21(30-14(3)25)20(19)29-13(2)24/h5-9,17-22,27H,10-11H2,1-4H3/t17?,18-,19-,20+,21-,22+/m1/s1. The second kappa shape index (κ2) is 11.6. The lowest BCUT2D eigenvalue weighted by Crippen LogP contribution is -2.62. The highest BCUT2D eigenvalue weighted by atomic mass is 16.7. The predicted molar refractivity (Wildman–Crippen MR) is 108 cm³/mol. The summed E-state index contributed by atoms with van der Waals surface area (Å²) >= 11 is 0. The SMILES string of the molecule is CC(=O)O[C@H]1O[C@H](CCC(O)c2ccccc2)[C@@H](OC(C)=O)[C@H](OC(C)=O)[C@H]1OC(C)=O. The number of hydrogen-bond acceptors (Lipinski definition) is 10. The van der Waals surface area contributed by atoms with E-state index in [1.54, 1.807) is 24.3 Å². The van der Waals surface area contributed by atoms with E-state index in [-0.39, 0.29) is 12.8 Å². The minimum atomic E-state index is -1.41. The van der Waals surface area contributed by atoms with Crippen LogP contribution in [0, 0.1) is 0 Å². The smallest absolute Gasteiger partial charge is 0.305 e. The monoisotopic (exact) mass is 452 g/mol. The van der Waals surface area contributed by atoms with Crippen LogP contribution in [0.1, 0.15) is 52.2 Å². The molecule has 1 saturated heterocycles. The molecule has 176 valence electrons. The molecule has 10 nitrogen and oxygen atoms in total. The van der Waals surface area contributed by atoms with Crippen molar-refractivity contribution in [2.75, 3.05) is 0 Å². The molecule has 1 aliphatic rings. The van der Waals surface area contributed by atoms with Gasteiger partial charge in [0.25, 0.3) is 0 Å². The molecule has 1 aromatic carbocycles. The normalized spacial score (nSPS) is 25.8. The number of ether oxygens (including phenoxy) is 5. The fourth-order valence-electron chi connectivity index (χ4n) is 3.51. The van der Waals surface area contributed by atoms with E-state index in [1.807, 2.05) is 6.07 Å². The van der Waals surface area contributed by atoms with Gasteiger partial charge in [-0.2, -0.15) is 0 Å². The molecule has 1 N–H and O–H groups in total. The van der Waals surface area contributed by atoms with Crippen LogP contribution in [-0.2, 0) is 42.9 Å². The molecule has 0 aliphatic carbocycles. The number of hydrogen-bond donors (Lipinski definition) is 1. The van der Waals surface area contributed by atoms with Gasteiger partial charge in [-0.05, 0) is 18.4 Å². The summed E-state index contributed by atoms with van der Waals surface area (Å²) in [5, 5.41) is 10.5. The van der Waals surface area contributed by atoms with Crippen LogP contribution in [0.4, 0.5) is 0 Å². The van der Waals surface area contributed by atoms with E-state index in [1.165, 1.54) is 6.92 Å². The molecule has 1 unspecified atom stereocenters. The Morgan fingerprint density at radius 1 is 0.812 bits per heavy atom. The number of aliphatic hydroxyl groups excluding tert-OH is 1. The van der Waals surface area contributed by atoms with Gasteiger partial charge >= 0.3 is 23.9 Å². The first-order chi connectivity index (χ1) is 15.1. The van der Waals surface area contributed by atoms with Crippen LogP contribution < -0.4 is 0 Å². The van der Waals surface area contributed by atoms with Crippen molar-refractivity contribution in [3.05, 3.63) is 35.9 Å². The van der Waals surface area contributed by atoms with Crippen molar-refractivity contribution in [3.63, 3.8) is 0 Å². The molecule has 1 aromatic rings. The number of aliphatic hydroxyl groups is 1. The van der Waals surface area contributed by atoms with Crippen molar-refractivity contribution < 1.29 is 48.0 Å². The highest BCUT2D eigenvalue weighted by Gasteiger charge is 2.53. The largest absolute Gasteiger partial charge is 0.456 e. The number of benzene rings is 1. The molecule has 0 spiro atoms. The Morgan fingerprint density at radius 3 is 1.84 bits per heavy atom. The van der Waals surface area contributed by atoms with Gasteiger partial charge in [-0.3, -0.25) is 19.2 Å². The van der Waals surface area contributed by atoms with E-state index in [0.717, 1.165) is 20.8 Å². The lowest BCUT2D eigenvalue weighted by molar-refractivity contribution is -0.297. The van der Waals surface area contributed by atoms with Crippen molar-refractivity contribution in [2.24, 2.45) is 0 Å². The maximum Gasteiger partial charge on any atom is 0.305 e. The van der Waals surface area contributed by atoms with Crippen LogP contribution in [-0.4, -0.2) is 59.7 Å². The molecule has 1 fully saturated rings. The van der Waals surface area contributed by atoms with Gasteiger partial charge in [0, 0.05) is 27.7 Å². The first-order valence-electron chi connectivity index (χ1n) is 10.2. The summed E-state index contributed by atoms with van der Waals surface area (Å²) in [5.74, 6) is -2.87. The Hall–Kier alpha value is -2.98. The van der Waals surface area contributed by atoms with E-state index in [9.17, 15) is 24.3 Å². The third kappa shape index (κ3) is 7.31. The molecule has 1 heterocycles. The molecule has 0 bridgehead atoms. The molecule has 1 aliphatic heterocycles. The van der Waals surface area contributed by atoms with Gasteiger partial charge in [-0.25, -0.2) is 0 Å². The lowest BCUT2D eigenvalue weighted by atomic mass is 9.93. The van der Waals surface area contributed by atoms with Crippen molar-refractivity contribution >= 4 is 23.9 Å². The Kier molecular flexibility index (Phi) is 9.15. The average Bonchev–Trinajstić information content (AvgIpc) is 2.70. The van der Waals surface area contributed by atoms with Crippen LogP contribution in [0.5, 0.6) is 0 Å². The summed E-state index contributed by atoms with van der Waals surface area (Å²) in [6.07, 6.45) is -6.67. The van der Waals surface area contributed by atoms with E-state index in [2.05, 4.69) is 0 Å². The van der Waals surface area contributed by atoms with E-state index in [0.29, 0.717) is 5.56 Å². The molecule has 0 amide bonds. The topological polar surface area (TPSA) is 135 Å². The Balaban J connectivity index is 2.33. The maximum atomic E-state index is 11.8. The maximum absolute atomic E-state index is 11.8. The summed E-state index contributed by atoms with van der Waals surface area (Å²) in [6, 6.07) is 8.91. The third-order valence-electron chi connectivity index (χ3n) is 4.69. The highest BCUT2D eigenvalue weighted by Crippen LogP contribution is 2.33. The molecule has 6 atom stereocenters. The van der Waals surface area contributed by atoms with E-state index in [4.69, 9.17) is 23.7 Å². The average molecular weight is 452 g/mol. The zero-order valence-corrected chi connectivity index (χ0v) is 18.4. The number of carbonyl (C=O) groups is 4. The third-order valence-corrected chi connectivity index (χ3v) is 4.69. The zero-order valence-electron chi connectivity index (χ0n) is 18.4. The minimum absolute atomic E-state index is 0.149. The number of esters is 4. The molecule has 10 heteroatoms. The summed E-state index contributed by atoms with van der Waals surface area (Å²) in [5.41, 5.74) is 0.679. The summed E-state index contributed by atoms with van der Waals surface area (Å²) < 4.78 is 26.9. The van der Waals surface area contributed by atoms with Gasteiger partial charge in [-0.1, -0.05) is 30.3 Å². The van der Waals surface area contributed by atoms with Crippen LogP contribution in [0.15, 0.2) is 30.3 Å². The van der Waals surface area contributed by atoms with Crippen LogP contribution >= 0.6 is 0 Å². The number of rotatable bonds is 8. The minimum Gasteiger partial charge on any atom is -0.456 e. The van der Waals surface area contributed by atoms with Crippen LogP contribution in [0.25, 0.3) is 0 Å². The second-order valence-electron chi connectivity index (χ2n) is 7.38. The van der Waals surface area contributed by atoms with Crippen molar-refractivity contribution in [1.82, 2.24) is 0 Å². The van der Waals surface area contributed by atoms with Gasteiger partial charge in [0.15, 0.2) is 12.2 Å². The summed E-state index contributed by atoms with van der Waals surface area (Å²) in [6.45, 7) is 4.57. The molecule has 0 radical (unpaired) electrons. The van der Waals surface area contributed by atoms with Gasteiger partial charge in [0.1, 0.15) is 6.10 Å². The predicted octanol–water partition coefficient (Wildman–Crippen LogP) is 1.58. The quantitative estimate of drug-likeness (QED) is 0.457. The Bertz CT molecular complexity index is 808.